The first-order valence-electron chi connectivity index (χ1n) is 7.73. The number of anilines is 1. The smallest absolute Gasteiger partial charge is 0.225 e. The van der Waals surface area contributed by atoms with Crippen LogP contribution in [0, 0.1) is 0 Å². The van der Waals surface area contributed by atoms with Crippen molar-refractivity contribution in [3.8, 4) is 0 Å². The van der Waals surface area contributed by atoms with E-state index in [-0.39, 0.29) is 11.3 Å². The molecule has 0 amide bonds. The fourth-order valence-corrected chi connectivity index (χ4v) is 4.96. The van der Waals surface area contributed by atoms with Gasteiger partial charge in [-0.3, -0.25) is 4.39 Å². The van der Waals surface area contributed by atoms with E-state index in [4.69, 9.17) is 21.8 Å². The molecule has 3 aromatic rings. The summed E-state index contributed by atoms with van der Waals surface area (Å²) in [5.74, 6) is 1.46. The van der Waals surface area contributed by atoms with E-state index in [2.05, 4.69) is 15.3 Å². The first-order valence-corrected chi connectivity index (χ1v) is 10.1. The summed E-state index contributed by atoms with van der Waals surface area (Å²) in [5.41, 5.74) is 6.83. The van der Waals surface area contributed by atoms with Crippen LogP contribution in [0.3, 0.4) is 0 Å². The molecule has 0 aliphatic heterocycles. The Morgan fingerprint density at radius 3 is 3.00 bits per heavy atom. The largest absolute Gasteiger partial charge is 0.467 e. The Kier molecular flexibility index (Phi) is 6.16. The number of alkyl halides is 1. The number of rotatable bonds is 8. The first kappa shape index (κ1) is 18.4. The van der Waals surface area contributed by atoms with Crippen LogP contribution < -0.4 is 11.1 Å². The second-order valence-electron chi connectivity index (χ2n) is 5.45. The van der Waals surface area contributed by atoms with E-state index >= 15 is 0 Å². The van der Waals surface area contributed by atoms with Crippen molar-refractivity contribution < 1.29 is 8.81 Å². The molecule has 0 radical (unpaired) electrons. The van der Waals surface area contributed by atoms with Gasteiger partial charge in [0, 0.05) is 15.8 Å². The number of aromatic nitrogens is 2. The molecule has 0 saturated heterocycles. The van der Waals surface area contributed by atoms with Gasteiger partial charge in [-0.2, -0.15) is 4.98 Å². The van der Waals surface area contributed by atoms with Crippen LogP contribution in [0.2, 0.25) is 5.28 Å². The molecule has 0 bridgehead atoms. The molecule has 134 valence electrons. The number of hydrogen-bond acceptors (Lipinski definition) is 7. The standard InChI is InChI=1S/C16H18ClFN4OS2/c1-24-13-11(7-9(19)4-5-18)25-14-12(13)21-16(17)22-15(14)20-8-10-3-2-6-23-10/h2-3,6,9H,4-5,7-8,19H2,1H3,(H,20,21,22)/t9-/m0/s1. The highest BCUT2D eigenvalue weighted by atomic mass is 35.5. The Morgan fingerprint density at radius 2 is 2.32 bits per heavy atom. The van der Waals surface area contributed by atoms with Crippen molar-refractivity contribution in [2.24, 2.45) is 5.73 Å². The van der Waals surface area contributed by atoms with Gasteiger partial charge in [0.25, 0.3) is 0 Å². The summed E-state index contributed by atoms with van der Waals surface area (Å²) in [6, 6.07) is 3.50. The number of nitrogens with two attached hydrogens (primary N) is 1. The number of furan rings is 1. The van der Waals surface area contributed by atoms with Gasteiger partial charge in [0.2, 0.25) is 5.28 Å². The van der Waals surface area contributed by atoms with Crippen LogP contribution >= 0.6 is 34.7 Å². The Bertz CT molecular complexity index is 840. The van der Waals surface area contributed by atoms with Gasteiger partial charge in [-0.05, 0) is 42.8 Å². The summed E-state index contributed by atoms with van der Waals surface area (Å²) in [6.07, 6.45) is 4.56. The third-order valence-corrected chi connectivity index (χ3v) is 6.03. The summed E-state index contributed by atoms with van der Waals surface area (Å²) in [7, 11) is 0. The van der Waals surface area contributed by atoms with E-state index in [1.807, 2.05) is 18.4 Å². The van der Waals surface area contributed by atoms with Crippen LogP contribution in [0.5, 0.6) is 0 Å². The molecule has 0 fully saturated rings. The lowest BCUT2D eigenvalue weighted by Gasteiger charge is -2.08. The van der Waals surface area contributed by atoms with Crippen molar-refractivity contribution in [2.75, 3.05) is 18.2 Å². The van der Waals surface area contributed by atoms with Crippen LogP contribution in [0.1, 0.15) is 17.1 Å². The summed E-state index contributed by atoms with van der Waals surface area (Å²) in [5, 5.41) is 3.44. The van der Waals surface area contributed by atoms with Crippen LogP contribution in [-0.2, 0) is 13.0 Å². The lowest BCUT2D eigenvalue weighted by molar-refractivity contribution is 0.435. The molecule has 0 aliphatic carbocycles. The fourth-order valence-electron chi connectivity index (χ4n) is 2.50. The van der Waals surface area contributed by atoms with Crippen molar-refractivity contribution in [3.63, 3.8) is 0 Å². The number of thioether (sulfide) groups is 1. The number of thiophene rings is 1. The lowest BCUT2D eigenvalue weighted by atomic mass is 10.1. The highest BCUT2D eigenvalue weighted by Crippen LogP contribution is 2.40. The number of nitrogens with one attached hydrogen (secondary N) is 1. The van der Waals surface area contributed by atoms with Gasteiger partial charge < -0.3 is 15.5 Å². The average molecular weight is 401 g/mol. The minimum Gasteiger partial charge on any atom is -0.467 e. The van der Waals surface area contributed by atoms with Gasteiger partial charge in [-0.25, -0.2) is 4.98 Å². The molecule has 0 aliphatic rings. The van der Waals surface area contributed by atoms with Crippen LogP contribution in [0.15, 0.2) is 27.7 Å². The van der Waals surface area contributed by atoms with Crippen molar-refractivity contribution in [1.29, 1.82) is 0 Å². The lowest BCUT2D eigenvalue weighted by Crippen LogP contribution is -2.23. The quantitative estimate of drug-likeness (QED) is 0.428. The minimum atomic E-state index is -0.414. The zero-order valence-electron chi connectivity index (χ0n) is 13.6. The number of fused-ring (bicyclic) bond motifs is 1. The molecule has 1 atom stereocenters. The molecule has 0 aromatic carbocycles. The highest BCUT2D eigenvalue weighted by Gasteiger charge is 2.19. The van der Waals surface area contributed by atoms with Gasteiger partial charge in [-0.15, -0.1) is 23.1 Å². The SMILES string of the molecule is CSc1c(C[C@@H](N)CCF)sc2c(NCc3ccco3)nc(Cl)nc12. The van der Waals surface area contributed by atoms with E-state index in [9.17, 15) is 4.39 Å². The van der Waals surface area contributed by atoms with Crippen LogP contribution in [0.4, 0.5) is 10.2 Å². The predicted octanol–water partition coefficient (Wildman–Crippen LogP) is 4.50. The topological polar surface area (TPSA) is 77.0 Å². The van der Waals surface area contributed by atoms with E-state index in [0.717, 1.165) is 25.7 Å². The Hall–Kier alpha value is -1.35. The maximum absolute atomic E-state index is 12.5. The molecule has 5 nitrogen and oxygen atoms in total. The van der Waals surface area contributed by atoms with Gasteiger partial charge in [0.05, 0.1) is 24.2 Å². The Morgan fingerprint density at radius 1 is 1.48 bits per heavy atom. The monoisotopic (exact) mass is 400 g/mol. The molecular formula is C16H18ClFN4OS2. The van der Waals surface area contributed by atoms with Gasteiger partial charge >= 0.3 is 0 Å². The third kappa shape index (κ3) is 4.25. The minimum absolute atomic E-state index is 0.183. The first-order chi connectivity index (χ1) is 12.1. The maximum atomic E-state index is 12.5. The van der Waals surface area contributed by atoms with Crippen LogP contribution in [0.25, 0.3) is 10.2 Å². The van der Waals surface area contributed by atoms with E-state index in [1.54, 1.807) is 29.4 Å². The molecule has 0 saturated carbocycles. The zero-order valence-corrected chi connectivity index (χ0v) is 16.0. The van der Waals surface area contributed by atoms with E-state index in [0.29, 0.717) is 25.2 Å². The second kappa shape index (κ2) is 8.35. The Balaban J connectivity index is 1.95. The zero-order chi connectivity index (χ0) is 17.8. The average Bonchev–Trinajstić information content (AvgIpc) is 3.20. The molecule has 9 heteroatoms. The van der Waals surface area contributed by atoms with Crippen molar-refractivity contribution in [2.45, 2.75) is 30.3 Å². The fraction of sp³-hybridized carbons (Fsp3) is 0.375. The summed E-state index contributed by atoms with van der Waals surface area (Å²) in [6.45, 7) is 0.0842. The Labute approximate surface area is 158 Å². The highest BCUT2D eigenvalue weighted by molar-refractivity contribution is 7.99. The maximum Gasteiger partial charge on any atom is 0.225 e. The molecule has 3 heterocycles. The molecule has 3 aromatic heterocycles. The summed E-state index contributed by atoms with van der Waals surface area (Å²) in [4.78, 5) is 10.8. The molecular weight excluding hydrogens is 383 g/mol. The van der Waals surface area contributed by atoms with Crippen molar-refractivity contribution >= 4 is 50.7 Å². The molecule has 0 unspecified atom stereocenters. The van der Waals surface area contributed by atoms with Crippen molar-refractivity contribution in [3.05, 3.63) is 34.3 Å². The van der Waals surface area contributed by atoms with Gasteiger partial charge in [0.15, 0.2) is 0 Å². The molecule has 3 rings (SSSR count). The second-order valence-corrected chi connectivity index (χ2v) is 7.71. The third-order valence-electron chi connectivity index (χ3n) is 3.67. The number of halogens is 2. The van der Waals surface area contributed by atoms with E-state index in [1.165, 1.54) is 0 Å². The van der Waals surface area contributed by atoms with Crippen molar-refractivity contribution in [1.82, 2.24) is 9.97 Å². The van der Waals surface area contributed by atoms with Gasteiger partial charge in [-0.1, -0.05) is 0 Å². The van der Waals surface area contributed by atoms with Gasteiger partial charge in [0.1, 0.15) is 17.1 Å². The summed E-state index contributed by atoms with van der Waals surface area (Å²) >= 11 is 9.28. The normalized spacial score (nSPS) is 12.6. The molecule has 25 heavy (non-hydrogen) atoms. The number of nitrogens with zero attached hydrogens (tertiary/aromatic N) is 2. The summed E-state index contributed by atoms with van der Waals surface area (Å²) < 4.78 is 18.8. The van der Waals surface area contributed by atoms with E-state index < -0.39 is 6.67 Å². The predicted molar refractivity (Wildman–Crippen MR) is 103 cm³/mol. The number of hydrogen-bond donors (Lipinski definition) is 2. The van der Waals surface area contributed by atoms with Crippen LogP contribution in [-0.4, -0.2) is 28.9 Å². The molecule has 3 N–H and O–H groups in total. The molecule has 0 spiro atoms.